The number of carbonyl (C=O) groups is 2. The van der Waals surface area contributed by atoms with Crippen LogP contribution >= 0.6 is 11.8 Å². The van der Waals surface area contributed by atoms with Gasteiger partial charge in [-0.2, -0.15) is 0 Å². The molecule has 0 aliphatic carbocycles. The highest BCUT2D eigenvalue weighted by molar-refractivity contribution is 7.99. The average Bonchev–Trinajstić information content (AvgIpc) is 2.86. The Hall–Kier alpha value is -0.910. The number of carbonyl (C=O) groups excluding carboxylic acids is 2. The van der Waals surface area contributed by atoms with Crippen LogP contribution in [0.4, 0.5) is 4.79 Å². The lowest BCUT2D eigenvalue weighted by molar-refractivity contribution is -0.130. The lowest BCUT2D eigenvalue weighted by Gasteiger charge is -2.30. The van der Waals surface area contributed by atoms with Crippen LogP contribution in [-0.2, 0) is 9.53 Å². The maximum atomic E-state index is 12.2. The second-order valence-electron chi connectivity index (χ2n) is 6.05. The minimum absolute atomic E-state index is 0.108. The standard InChI is InChI=1S/C14H26N2O3S/c1-6-11(9-12(17)16-7-8-20-10-16)15(5)13(18)19-14(2,3)4/h11H,6-10H2,1-5H3. The van der Waals surface area contributed by atoms with Crippen molar-refractivity contribution in [3.05, 3.63) is 0 Å². The summed E-state index contributed by atoms with van der Waals surface area (Å²) >= 11 is 1.77. The molecule has 1 aliphatic heterocycles. The predicted octanol–water partition coefficient (Wildman–Crippen LogP) is 2.55. The molecule has 0 radical (unpaired) electrons. The normalized spacial score (nSPS) is 16.9. The van der Waals surface area contributed by atoms with Gasteiger partial charge in [0.2, 0.25) is 5.91 Å². The molecule has 20 heavy (non-hydrogen) atoms. The van der Waals surface area contributed by atoms with E-state index >= 15 is 0 Å². The molecule has 2 amide bonds. The number of nitrogens with zero attached hydrogens (tertiary/aromatic N) is 2. The van der Waals surface area contributed by atoms with E-state index in [9.17, 15) is 9.59 Å². The zero-order chi connectivity index (χ0) is 15.3. The van der Waals surface area contributed by atoms with Gasteiger partial charge in [-0.05, 0) is 27.2 Å². The van der Waals surface area contributed by atoms with Crippen LogP contribution in [0.1, 0.15) is 40.5 Å². The van der Waals surface area contributed by atoms with Gasteiger partial charge in [0.15, 0.2) is 0 Å². The molecule has 1 unspecified atom stereocenters. The van der Waals surface area contributed by atoms with E-state index in [1.54, 1.807) is 23.7 Å². The molecule has 0 saturated carbocycles. The molecule has 0 N–H and O–H groups in total. The summed E-state index contributed by atoms with van der Waals surface area (Å²) in [6, 6.07) is -0.108. The summed E-state index contributed by atoms with van der Waals surface area (Å²) in [7, 11) is 1.70. The van der Waals surface area contributed by atoms with Crippen LogP contribution in [0.3, 0.4) is 0 Å². The van der Waals surface area contributed by atoms with E-state index in [-0.39, 0.29) is 18.0 Å². The Kier molecular flexibility index (Phi) is 6.17. The molecule has 6 heteroatoms. The van der Waals surface area contributed by atoms with Gasteiger partial charge in [0.1, 0.15) is 5.60 Å². The lowest BCUT2D eigenvalue weighted by atomic mass is 10.1. The van der Waals surface area contributed by atoms with Crippen molar-refractivity contribution < 1.29 is 14.3 Å². The summed E-state index contributed by atoms with van der Waals surface area (Å²) in [5, 5.41) is 0. The lowest BCUT2D eigenvalue weighted by Crippen LogP contribution is -2.43. The first-order chi connectivity index (χ1) is 9.24. The number of ether oxygens (including phenoxy) is 1. The molecule has 0 aromatic rings. The van der Waals surface area contributed by atoms with Crippen molar-refractivity contribution in [2.75, 3.05) is 25.2 Å². The van der Waals surface area contributed by atoms with Crippen LogP contribution in [0.15, 0.2) is 0 Å². The van der Waals surface area contributed by atoms with Crippen LogP contribution in [0, 0.1) is 0 Å². The van der Waals surface area contributed by atoms with Gasteiger partial charge >= 0.3 is 6.09 Å². The summed E-state index contributed by atoms with van der Waals surface area (Å²) in [6.07, 6.45) is 0.739. The maximum absolute atomic E-state index is 12.2. The van der Waals surface area contributed by atoms with E-state index in [2.05, 4.69) is 0 Å². The van der Waals surface area contributed by atoms with Crippen molar-refractivity contribution >= 4 is 23.8 Å². The van der Waals surface area contributed by atoms with Crippen LogP contribution in [0.25, 0.3) is 0 Å². The quantitative estimate of drug-likeness (QED) is 0.801. The summed E-state index contributed by atoms with van der Waals surface area (Å²) < 4.78 is 5.35. The molecular weight excluding hydrogens is 276 g/mol. The van der Waals surface area contributed by atoms with Crippen molar-refractivity contribution in [1.29, 1.82) is 0 Å². The van der Waals surface area contributed by atoms with Gasteiger partial charge in [-0.25, -0.2) is 4.79 Å². The summed E-state index contributed by atoms with van der Waals surface area (Å²) in [5.41, 5.74) is -0.515. The van der Waals surface area contributed by atoms with Crippen molar-refractivity contribution in [3.8, 4) is 0 Å². The Bertz CT molecular complexity index is 349. The molecule has 0 aromatic carbocycles. The molecule has 5 nitrogen and oxygen atoms in total. The average molecular weight is 302 g/mol. The van der Waals surface area contributed by atoms with Gasteiger partial charge in [-0.1, -0.05) is 6.92 Å². The van der Waals surface area contributed by atoms with E-state index in [4.69, 9.17) is 4.74 Å². The highest BCUT2D eigenvalue weighted by Crippen LogP contribution is 2.18. The molecule has 0 spiro atoms. The van der Waals surface area contributed by atoms with E-state index in [1.165, 1.54) is 0 Å². The van der Waals surface area contributed by atoms with E-state index in [0.29, 0.717) is 6.42 Å². The Morgan fingerprint density at radius 1 is 1.40 bits per heavy atom. The van der Waals surface area contributed by atoms with Gasteiger partial charge in [0, 0.05) is 31.8 Å². The van der Waals surface area contributed by atoms with Crippen molar-refractivity contribution in [3.63, 3.8) is 0 Å². The molecule has 116 valence electrons. The second kappa shape index (κ2) is 7.20. The highest BCUT2D eigenvalue weighted by Gasteiger charge is 2.28. The minimum atomic E-state index is -0.515. The maximum Gasteiger partial charge on any atom is 0.410 e. The number of rotatable bonds is 4. The topological polar surface area (TPSA) is 49.9 Å². The molecule has 1 fully saturated rings. The third kappa shape index (κ3) is 5.23. The molecule has 1 saturated heterocycles. The first kappa shape index (κ1) is 17.1. The smallest absolute Gasteiger partial charge is 0.410 e. The van der Waals surface area contributed by atoms with Crippen LogP contribution in [0.2, 0.25) is 0 Å². The molecule has 1 heterocycles. The number of amides is 2. The zero-order valence-corrected chi connectivity index (χ0v) is 14.0. The first-order valence-corrected chi connectivity index (χ1v) is 8.21. The van der Waals surface area contributed by atoms with Gasteiger partial charge in [-0.3, -0.25) is 4.79 Å². The molecule has 1 atom stereocenters. The molecule has 1 aliphatic rings. The monoisotopic (exact) mass is 302 g/mol. The number of hydrogen-bond donors (Lipinski definition) is 0. The molecule has 0 aromatic heterocycles. The van der Waals surface area contributed by atoms with Gasteiger partial charge in [0.05, 0.1) is 5.88 Å². The van der Waals surface area contributed by atoms with Crippen LogP contribution in [-0.4, -0.2) is 58.7 Å². The van der Waals surface area contributed by atoms with E-state index in [1.807, 2.05) is 32.6 Å². The van der Waals surface area contributed by atoms with Crippen molar-refractivity contribution in [2.24, 2.45) is 0 Å². The fourth-order valence-electron chi connectivity index (χ4n) is 1.98. The highest BCUT2D eigenvalue weighted by atomic mass is 32.2. The SMILES string of the molecule is CCC(CC(=O)N1CCSC1)N(C)C(=O)OC(C)(C)C. The Morgan fingerprint density at radius 2 is 2.05 bits per heavy atom. The van der Waals surface area contributed by atoms with Gasteiger partial charge in [-0.15, -0.1) is 11.8 Å². The summed E-state index contributed by atoms with van der Waals surface area (Å²) in [4.78, 5) is 27.6. The summed E-state index contributed by atoms with van der Waals surface area (Å²) in [6.45, 7) is 8.32. The van der Waals surface area contributed by atoms with E-state index in [0.717, 1.165) is 24.6 Å². The zero-order valence-electron chi connectivity index (χ0n) is 13.1. The fourth-order valence-corrected chi connectivity index (χ4v) is 2.95. The minimum Gasteiger partial charge on any atom is -0.444 e. The van der Waals surface area contributed by atoms with Crippen molar-refractivity contribution in [1.82, 2.24) is 9.80 Å². The Balaban J connectivity index is 2.55. The van der Waals surface area contributed by atoms with Gasteiger partial charge in [0.25, 0.3) is 0 Å². The predicted molar refractivity (Wildman–Crippen MR) is 81.7 cm³/mol. The Morgan fingerprint density at radius 3 is 2.50 bits per heavy atom. The first-order valence-electron chi connectivity index (χ1n) is 7.06. The largest absolute Gasteiger partial charge is 0.444 e. The van der Waals surface area contributed by atoms with Crippen molar-refractivity contribution in [2.45, 2.75) is 52.2 Å². The third-order valence-electron chi connectivity index (χ3n) is 3.22. The van der Waals surface area contributed by atoms with Crippen LogP contribution in [0.5, 0.6) is 0 Å². The number of hydrogen-bond acceptors (Lipinski definition) is 4. The Labute approximate surface area is 126 Å². The van der Waals surface area contributed by atoms with E-state index < -0.39 is 5.60 Å². The summed E-state index contributed by atoms with van der Waals surface area (Å²) in [5.74, 6) is 1.90. The van der Waals surface area contributed by atoms with Gasteiger partial charge < -0.3 is 14.5 Å². The molecular formula is C14H26N2O3S. The molecule has 1 rings (SSSR count). The number of thioether (sulfide) groups is 1. The second-order valence-corrected chi connectivity index (χ2v) is 7.13. The fraction of sp³-hybridized carbons (Fsp3) is 0.857. The molecule has 0 bridgehead atoms. The van der Waals surface area contributed by atoms with Crippen LogP contribution < -0.4 is 0 Å². The third-order valence-corrected chi connectivity index (χ3v) is 4.18.